The molecule has 18 heavy (non-hydrogen) atoms. The molecule has 92 valence electrons. The molecule has 0 aromatic heterocycles. The summed E-state index contributed by atoms with van der Waals surface area (Å²) in [6.45, 7) is 0. The van der Waals surface area contributed by atoms with E-state index < -0.39 is 5.24 Å². The minimum atomic E-state index is -0.598. The van der Waals surface area contributed by atoms with Crippen molar-refractivity contribution in [3.8, 4) is 0 Å². The molecule has 0 atom stereocenters. The van der Waals surface area contributed by atoms with Gasteiger partial charge < -0.3 is 0 Å². The van der Waals surface area contributed by atoms with Gasteiger partial charge in [0.1, 0.15) is 0 Å². The van der Waals surface area contributed by atoms with Crippen LogP contribution in [0.4, 0.5) is 4.39 Å². The zero-order valence-electron chi connectivity index (χ0n) is 9.40. The first kappa shape index (κ1) is 13.3. The van der Waals surface area contributed by atoms with E-state index in [0.717, 1.165) is 10.9 Å². The molecular weight excluding hydrogens is 318 g/mol. The molecule has 0 spiro atoms. The zero-order chi connectivity index (χ0) is 13.0. The Hall–Kier alpha value is -1.15. The van der Waals surface area contributed by atoms with Crippen molar-refractivity contribution >= 4 is 36.3 Å². The van der Waals surface area contributed by atoms with E-state index in [2.05, 4.69) is 0 Å². The van der Waals surface area contributed by atoms with Crippen molar-refractivity contribution in [1.29, 1.82) is 0 Å². The van der Waals surface area contributed by atoms with E-state index in [-0.39, 0.29) is 26.3 Å². The van der Waals surface area contributed by atoms with E-state index in [1.165, 1.54) is 12.1 Å². The van der Waals surface area contributed by atoms with Crippen LogP contribution in [-0.4, -0.2) is 20.2 Å². The number of halogens is 2. The van der Waals surface area contributed by atoms with Crippen LogP contribution in [-0.2, 0) is 5.32 Å². The van der Waals surface area contributed by atoms with Crippen molar-refractivity contribution in [2.75, 3.05) is 0 Å². The standard InChI is InChI=1S/C14H10ClFOSe/c15-14(17)11-7-4-8-12(16)13(11)18-9-10-5-2-1-3-6-10/h1-8H,9H2. The molecule has 0 saturated heterocycles. The first-order valence-electron chi connectivity index (χ1n) is 5.33. The van der Waals surface area contributed by atoms with E-state index in [1.807, 2.05) is 30.3 Å². The van der Waals surface area contributed by atoms with Crippen LogP contribution in [0.2, 0.25) is 0 Å². The van der Waals surface area contributed by atoms with Gasteiger partial charge in [-0.25, -0.2) is 0 Å². The molecule has 4 heteroatoms. The first-order chi connectivity index (χ1) is 8.68. The molecule has 0 bridgehead atoms. The number of benzene rings is 2. The Balaban J connectivity index is 2.21. The van der Waals surface area contributed by atoms with Crippen molar-refractivity contribution in [1.82, 2.24) is 0 Å². The van der Waals surface area contributed by atoms with Crippen LogP contribution < -0.4 is 4.46 Å². The molecule has 0 N–H and O–H groups in total. The zero-order valence-corrected chi connectivity index (χ0v) is 11.9. The van der Waals surface area contributed by atoms with Gasteiger partial charge in [-0.3, -0.25) is 0 Å². The predicted octanol–water partition coefficient (Wildman–Crippen LogP) is 2.73. The number of hydrogen-bond acceptors (Lipinski definition) is 1. The Morgan fingerprint density at radius 1 is 1.11 bits per heavy atom. The third-order valence-corrected chi connectivity index (χ3v) is 5.09. The summed E-state index contributed by atoms with van der Waals surface area (Å²) in [5, 5.41) is 0.144. The summed E-state index contributed by atoms with van der Waals surface area (Å²) in [6, 6.07) is 14.3. The fraction of sp³-hybridized carbons (Fsp3) is 0.0714. The van der Waals surface area contributed by atoms with Gasteiger partial charge in [0.25, 0.3) is 0 Å². The second kappa shape index (κ2) is 6.14. The topological polar surface area (TPSA) is 17.1 Å². The van der Waals surface area contributed by atoms with Crippen molar-refractivity contribution in [2.45, 2.75) is 5.32 Å². The van der Waals surface area contributed by atoms with Gasteiger partial charge in [0.2, 0.25) is 0 Å². The van der Waals surface area contributed by atoms with Gasteiger partial charge in [-0.15, -0.1) is 0 Å². The SMILES string of the molecule is O=C(Cl)c1cccc(F)c1[Se]Cc1ccccc1. The summed E-state index contributed by atoms with van der Waals surface area (Å²) < 4.78 is 14.2. The molecule has 0 aliphatic rings. The molecule has 0 amide bonds. The molecule has 0 unspecified atom stereocenters. The van der Waals surface area contributed by atoms with Crippen molar-refractivity contribution in [3.63, 3.8) is 0 Å². The minimum absolute atomic E-state index is 0.146. The normalized spacial score (nSPS) is 10.3. The first-order valence-corrected chi connectivity index (χ1v) is 7.78. The summed E-state index contributed by atoms with van der Waals surface area (Å²) in [7, 11) is 0. The van der Waals surface area contributed by atoms with Crippen molar-refractivity contribution in [2.24, 2.45) is 0 Å². The Labute approximate surface area is 116 Å². The van der Waals surface area contributed by atoms with Crippen LogP contribution >= 0.6 is 11.6 Å². The van der Waals surface area contributed by atoms with Crippen molar-refractivity contribution < 1.29 is 9.18 Å². The predicted molar refractivity (Wildman–Crippen MR) is 72.1 cm³/mol. The van der Waals surface area contributed by atoms with Crippen LogP contribution in [0.25, 0.3) is 0 Å². The van der Waals surface area contributed by atoms with Gasteiger partial charge in [0, 0.05) is 0 Å². The fourth-order valence-corrected chi connectivity index (χ4v) is 3.98. The van der Waals surface area contributed by atoms with Crippen LogP contribution in [0.1, 0.15) is 15.9 Å². The summed E-state index contributed by atoms with van der Waals surface area (Å²) in [5.74, 6) is -0.350. The van der Waals surface area contributed by atoms with Crippen molar-refractivity contribution in [3.05, 3.63) is 65.5 Å². The molecular formula is C14H10ClFOSe. The van der Waals surface area contributed by atoms with Gasteiger partial charge in [-0.2, -0.15) is 0 Å². The maximum absolute atomic E-state index is 13.7. The molecule has 2 aromatic carbocycles. The van der Waals surface area contributed by atoms with Crippen LogP contribution in [0.15, 0.2) is 48.5 Å². The Kier molecular flexibility index (Phi) is 4.53. The molecule has 0 heterocycles. The number of carbonyl (C=O) groups excluding carboxylic acids is 1. The summed E-state index contributed by atoms with van der Waals surface area (Å²) in [4.78, 5) is 11.2. The maximum atomic E-state index is 13.7. The summed E-state index contributed by atoms with van der Waals surface area (Å²) in [6.07, 6.45) is 0. The molecule has 0 aliphatic carbocycles. The average Bonchev–Trinajstić information content (AvgIpc) is 2.38. The summed E-state index contributed by atoms with van der Waals surface area (Å²) >= 11 is 5.32. The molecule has 0 fully saturated rings. The number of carbonyl (C=O) groups is 1. The van der Waals surface area contributed by atoms with Crippen LogP contribution in [0, 0.1) is 5.82 Å². The third kappa shape index (κ3) is 3.20. The molecule has 0 radical (unpaired) electrons. The Morgan fingerprint density at radius 3 is 2.50 bits per heavy atom. The monoisotopic (exact) mass is 328 g/mol. The van der Waals surface area contributed by atoms with E-state index in [1.54, 1.807) is 6.07 Å². The van der Waals surface area contributed by atoms with Gasteiger partial charge in [-0.1, -0.05) is 0 Å². The molecule has 0 saturated carbocycles. The van der Waals surface area contributed by atoms with Crippen LogP contribution in [0.5, 0.6) is 0 Å². The Bertz CT molecular complexity index is 557. The quantitative estimate of drug-likeness (QED) is 0.623. The van der Waals surface area contributed by atoms with Gasteiger partial charge in [0.05, 0.1) is 0 Å². The van der Waals surface area contributed by atoms with E-state index >= 15 is 0 Å². The molecule has 1 nitrogen and oxygen atoms in total. The molecule has 2 rings (SSSR count). The molecule has 0 aliphatic heterocycles. The fourth-order valence-electron chi connectivity index (χ4n) is 1.54. The van der Waals surface area contributed by atoms with Gasteiger partial charge in [0.15, 0.2) is 0 Å². The molecule has 2 aromatic rings. The van der Waals surface area contributed by atoms with E-state index in [0.29, 0.717) is 4.46 Å². The Morgan fingerprint density at radius 2 is 1.83 bits per heavy atom. The van der Waals surface area contributed by atoms with E-state index in [9.17, 15) is 9.18 Å². The van der Waals surface area contributed by atoms with Gasteiger partial charge in [-0.05, 0) is 0 Å². The second-order valence-electron chi connectivity index (χ2n) is 3.66. The second-order valence-corrected chi connectivity index (χ2v) is 6.08. The average molecular weight is 328 g/mol. The van der Waals surface area contributed by atoms with Crippen LogP contribution in [0.3, 0.4) is 0 Å². The third-order valence-electron chi connectivity index (χ3n) is 2.40. The summed E-state index contributed by atoms with van der Waals surface area (Å²) in [5.41, 5.74) is 1.42. The number of rotatable bonds is 4. The number of hydrogen-bond donors (Lipinski definition) is 0. The van der Waals surface area contributed by atoms with E-state index in [4.69, 9.17) is 11.6 Å². The van der Waals surface area contributed by atoms with Gasteiger partial charge >= 0.3 is 116 Å².